The second kappa shape index (κ2) is 5.74. The maximum Gasteiger partial charge on any atom is 0.416 e. The molecule has 1 aromatic heterocycles. The summed E-state index contributed by atoms with van der Waals surface area (Å²) in [5, 5.41) is 3.91. The lowest BCUT2D eigenvalue weighted by Gasteiger charge is -2.20. The Morgan fingerprint density at radius 1 is 1.09 bits per heavy atom. The summed E-state index contributed by atoms with van der Waals surface area (Å²) >= 11 is 1.94. The van der Waals surface area contributed by atoms with Gasteiger partial charge in [0.2, 0.25) is 0 Å². The van der Waals surface area contributed by atoms with Crippen LogP contribution in [0.3, 0.4) is 0 Å². The third-order valence-electron chi connectivity index (χ3n) is 3.10. The second-order valence-corrected chi connectivity index (χ2v) is 5.86. The Morgan fingerprint density at radius 3 is 2.18 bits per heavy atom. The molecular weight excluding hydrogens is 425 g/mol. The van der Waals surface area contributed by atoms with Crippen LogP contribution in [0.1, 0.15) is 29.7 Å². The van der Waals surface area contributed by atoms with Gasteiger partial charge in [0.15, 0.2) is 0 Å². The van der Waals surface area contributed by atoms with Crippen molar-refractivity contribution in [2.24, 2.45) is 0 Å². The molecule has 0 spiro atoms. The number of nitrogens with zero attached hydrogens (tertiary/aromatic N) is 2. The van der Waals surface area contributed by atoms with Gasteiger partial charge in [-0.15, -0.1) is 0 Å². The molecular formula is C13H9F6IN2. The smallest absolute Gasteiger partial charge is 0.264 e. The van der Waals surface area contributed by atoms with Gasteiger partial charge in [0.1, 0.15) is 0 Å². The lowest BCUT2D eigenvalue weighted by Crippen LogP contribution is -2.17. The van der Waals surface area contributed by atoms with E-state index in [1.54, 1.807) is 0 Å². The summed E-state index contributed by atoms with van der Waals surface area (Å²) in [5.41, 5.74) is -2.90. The number of aromatic nitrogens is 2. The summed E-state index contributed by atoms with van der Waals surface area (Å²) in [7, 11) is 0. The lowest BCUT2D eigenvalue weighted by atomic mass is 9.98. The average Bonchev–Trinajstić information content (AvgIpc) is 2.82. The van der Waals surface area contributed by atoms with Gasteiger partial charge in [-0.1, -0.05) is 6.07 Å². The van der Waals surface area contributed by atoms with E-state index in [1.807, 2.05) is 22.6 Å². The molecule has 1 unspecified atom stereocenters. The fourth-order valence-electron chi connectivity index (χ4n) is 2.01. The Morgan fingerprint density at radius 2 is 1.73 bits per heavy atom. The molecule has 0 saturated carbocycles. The summed E-state index contributed by atoms with van der Waals surface area (Å²) in [5.74, 6) is 0. The van der Waals surface area contributed by atoms with Crippen LogP contribution in [0.15, 0.2) is 30.6 Å². The van der Waals surface area contributed by atoms with E-state index in [2.05, 4.69) is 5.10 Å². The molecule has 2 rings (SSSR count). The molecule has 0 N–H and O–H groups in total. The van der Waals surface area contributed by atoms with Crippen molar-refractivity contribution >= 4 is 22.6 Å². The number of halogens is 7. The molecule has 2 nitrogen and oxygen atoms in total. The van der Waals surface area contributed by atoms with Gasteiger partial charge in [-0.3, -0.25) is 4.68 Å². The maximum atomic E-state index is 13.1. The summed E-state index contributed by atoms with van der Waals surface area (Å²) in [6, 6.07) is 0.795. The van der Waals surface area contributed by atoms with Crippen LogP contribution in [-0.4, -0.2) is 9.78 Å². The minimum Gasteiger partial charge on any atom is -0.264 e. The van der Waals surface area contributed by atoms with Crippen molar-refractivity contribution in [1.29, 1.82) is 0 Å². The zero-order valence-corrected chi connectivity index (χ0v) is 13.2. The van der Waals surface area contributed by atoms with Gasteiger partial charge in [-0.25, -0.2) is 0 Å². The van der Waals surface area contributed by atoms with E-state index in [0.717, 1.165) is 6.07 Å². The van der Waals surface area contributed by atoms with Crippen molar-refractivity contribution in [1.82, 2.24) is 9.78 Å². The van der Waals surface area contributed by atoms with Crippen molar-refractivity contribution in [3.05, 3.63) is 50.9 Å². The molecule has 120 valence electrons. The van der Waals surface area contributed by atoms with Crippen molar-refractivity contribution < 1.29 is 26.3 Å². The molecule has 0 aliphatic carbocycles. The topological polar surface area (TPSA) is 17.8 Å². The van der Waals surface area contributed by atoms with Crippen LogP contribution in [0, 0.1) is 3.57 Å². The van der Waals surface area contributed by atoms with E-state index in [1.165, 1.54) is 24.0 Å². The summed E-state index contributed by atoms with van der Waals surface area (Å²) in [6.07, 6.45) is -6.74. The van der Waals surface area contributed by atoms with Gasteiger partial charge in [-0.2, -0.15) is 31.4 Å². The minimum absolute atomic E-state index is 0.139. The zero-order chi connectivity index (χ0) is 16.7. The molecule has 0 saturated heterocycles. The summed E-state index contributed by atoms with van der Waals surface area (Å²) in [4.78, 5) is 0. The number of hydrogen-bond acceptors (Lipinski definition) is 1. The van der Waals surface area contributed by atoms with Gasteiger partial charge in [0, 0.05) is 6.20 Å². The third kappa shape index (κ3) is 3.55. The van der Waals surface area contributed by atoms with Crippen molar-refractivity contribution in [3.8, 4) is 0 Å². The molecule has 0 bridgehead atoms. The van der Waals surface area contributed by atoms with E-state index in [0.29, 0.717) is 9.64 Å². The number of benzene rings is 1. The van der Waals surface area contributed by atoms with Gasteiger partial charge in [0.25, 0.3) is 0 Å². The third-order valence-corrected chi connectivity index (χ3v) is 3.66. The van der Waals surface area contributed by atoms with Crippen molar-refractivity contribution in [2.45, 2.75) is 25.3 Å². The average molecular weight is 434 g/mol. The van der Waals surface area contributed by atoms with E-state index >= 15 is 0 Å². The fraction of sp³-hybridized carbons (Fsp3) is 0.308. The van der Waals surface area contributed by atoms with Crippen LogP contribution in [0.5, 0.6) is 0 Å². The molecule has 22 heavy (non-hydrogen) atoms. The Hall–Kier alpha value is -1.26. The Bertz CT molecular complexity index is 674. The summed E-state index contributed by atoms with van der Waals surface area (Å²) in [6.45, 7) is 1.45. The standard InChI is InChI=1S/C13H9F6IN2/c1-7(22-6-9(20)5-21-22)10-3-2-8(12(14,15)16)4-11(10)13(17,18)19/h2-7H,1H3. The van der Waals surface area contributed by atoms with Crippen molar-refractivity contribution in [2.75, 3.05) is 0 Å². The van der Waals surface area contributed by atoms with Crippen LogP contribution >= 0.6 is 22.6 Å². The first-order chi connectivity index (χ1) is 10.00. The molecule has 0 amide bonds. The quantitative estimate of drug-likeness (QED) is 0.473. The minimum atomic E-state index is -4.88. The van der Waals surface area contributed by atoms with Crippen LogP contribution < -0.4 is 0 Å². The van der Waals surface area contributed by atoms with E-state index < -0.39 is 29.5 Å². The predicted octanol–water partition coefficient (Wildman–Crippen LogP) is 5.13. The van der Waals surface area contributed by atoms with Crippen LogP contribution in [0.25, 0.3) is 0 Å². The normalized spacial score (nSPS) is 14.2. The predicted molar refractivity (Wildman–Crippen MR) is 75.2 cm³/mol. The molecule has 1 atom stereocenters. The number of alkyl halides is 6. The zero-order valence-electron chi connectivity index (χ0n) is 11.0. The summed E-state index contributed by atoms with van der Waals surface area (Å²) < 4.78 is 79.2. The highest BCUT2D eigenvalue weighted by Gasteiger charge is 2.39. The molecule has 1 aromatic carbocycles. The van der Waals surface area contributed by atoms with E-state index in [9.17, 15) is 26.3 Å². The maximum absolute atomic E-state index is 13.1. The Balaban J connectivity index is 2.56. The molecule has 0 fully saturated rings. The fourth-order valence-corrected chi connectivity index (χ4v) is 2.42. The molecule has 0 aliphatic heterocycles. The first-order valence-corrected chi connectivity index (χ1v) is 7.06. The van der Waals surface area contributed by atoms with Crippen LogP contribution in [0.4, 0.5) is 26.3 Å². The van der Waals surface area contributed by atoms with Gasteiger partial charge >= 0.3 is 12.4 Å². The first kappa shape index (κ1) is 17.1. The Kier molecular flexibility index (Phi) is 4.46. The van der Waals surface area contributed by atoms with Gasteiger partial charge < -0.3 is 0 Å². The highest BCUT2D eigenvalue weighted by Crippen LogP contribution is 2.39. The highest BCUT2D eigenvalue weighted by atomic mass is 127. The monoisotopic (exact) mass is 434 g/mol. The molecule has 1 heterocycles. The number of hydrogen-bond donors (Lipinski definition) is 0. The van der Waals surface area contributed by atoms with Gasteiger partial charge in [-0.05, 0) is 47.2 Å². The molecule has 0 aliphatic rings. The SMILES string of the molecule is CC(c1ccc(C(F)(F)F)cc1C(F)(F)F)n1cc(I)cn1. The van der Waals surface area contributed by atoms with Crippen LogP contribution in [-0.2, 0) is 12.4 Å². The number of rotatable bonds is 2. The van der Waals surface area contributed by atoms with Crippen LogP contribution in [0.2, 0.25) is 0 Å². The molecule has 2 aromatic rings. The lowest BCUT2D eigenvalue weighted by molar-refractivity contribution is -0.143. The van der Waals surface area contributed by atoms with E-state index in [4.69, 9.17) is 0 Å². The van der Waals surface area contributed by atoms with Gasteiger partial charge in [0.05, 0.1) is 26.9 Å². The van der Waals surface area contributed by atoms with Crippen molar-refractivity contribution in [3.63, 3.8) is 0 Å². The van der Waals surface area contributed by atoms with E-state index in [-0.39, 0.29) is 11.6 Å². The largest absolute Gasteiger partial charge is 0.416 e. The molecule has 0 radical (unpaired) electrons. The Labute approximate surface area is 135 Å². The highest BCUT2D eigenvalue weighted by molar-refractivity contribution is 14.1. The first-order valence-electron chi connectivity index (χ1n) is 5.98. The second-order valence-electron chi connectivity index (χ2n) is 4.61. The molecule has 9 heteroatoms.